The number of nitrogens with two attached hydrogens (primary N) is 2. The third-order valence-corrected chi connectivity index (χ3v) is 4.43. The van der Waals surface area contributed by atoms with Crippen molar-refractivity contribution in [2.24, 2.45) is 16.5 Å². The van der Waals surface area contributed by atoms with Crippen molar-refractivity contribution >= 4 is 34.5 Å². The van der Waals surface area contributed by atoms with Gasteiger partial charge in [-0.05, 0) is 31.2 Å². The van der Waals surface area contributed by atoms with Gasteiger partial charge < -0.3 is 16.4 Å². The molecule has 7 heteroatoms. The summed E-state index contributed by atoms with van der Waals surface area (Å²) in [4.78, 5) is 9.35. The number of nitrogens with zero attached hydrogens (tertiary/aromatic N) is 2. The van der Waals surface area contributed by atoms with Crippen LogP contribution in [0.15, 0.2) is 52.8 Å². The molecule has 0 atom stereocenters. The van der Waals surface area contributed by atoms with Gasteiger partial charge in [0.2, 0.25) is 5.71 Å². The summed E-state index contributed by atoms with van der Waals surface area (Å²) in [6.07, 6.45) is 0. The Morgan fingerprint density at radius 2 is 1.88 bits per heavy atom. The molecule has 2 aromatic rings. The van der Waals surface area contributed by atoms with E-state index in [9.17, 15) is 4.39 Å². The van der Waals surface area contributed by atoms with Crippen LogP contribution in [-0.2, 0) is 0 Å². The molecule has 0 bridgehead atoms. The summed E-state index contributed by atoms with van der Waals surface area (Å²) < 4.78 is 14.7. The second-order valence-corrected chi connectivity index (χ2v) is 6.66. The first-order valence-electron chi connectivity index (χ1n) is 8.00. The minimum atomic E-state index is -0.370. The Kier molecular flexibility index (Phi) is 4.70. The predicted octanol–water partition coefficient (Wildman–Crippen LogP) is 1.66. The molecule has 26 heavy (non-hydrogen) atoms. The number of rotatable bonds is 2. The van der Waals surface area contributed by atoms with E-state index < -0.39 is 0 Å². The van der Waals surface area contributed by atoms with Gasteiger partial charge in [-0.3, -0.25) is 0 Å². The largest absolute Gasteiger partial charge is 0.397 e. The molecule has 0 amide bonds. The fraction of sp³-hybridized carbons (Fsp3) is 0.158. The zero-order valence-corrected chi connectivity index (χ0v) is 15.5. The van der Waals surface area contributed by atoms with Crippen LogP contribution in [0.3, 0.4) is 0 Å². The van der Waals surface area contributed by atoms with Gasteiger partial charge in [0, 0.05) is 14.1 Å². The number of halogens is 2. The lowest BCUT2D eigenvalue weighted by Crippen LogP contribution is -2.74. The standard InChI is InChI=1S/C19H19ClFN5/c1-10(22)17-19(23)24-15-9-16(26(2)3)14(21)8-12(15)18(25-17)11-6-4-5-7-13(11)20/h4-9H,22H2,1-3H3,(H2,23,24)/p+1. The van der Waals surface area contributed by atoms with E-state index in [1.807, 2.05) is 18.2 Å². The monoisotopic (exact) mass is 372 g/mol. The molecule has 0 aromatic heterocycles. The van der Waals surface area contributed by atoms with Crippen molar-refractivity contribution in [3.05, 3.63) is 69.8 Å². The van der Waals surface area contributed by atoms with Crippen LogP contribution in [0.4, 0.5) is 15.8 Å². The van der Waals surface area contributed by atoms with Gasteiger partial charge in [-0.25, -0.2) is 9.38 Å². The topological polar surface area (TPSA) is 81.6 Å². The number of hydrogen-bond donors (Lipinski definition) is 3. The Hall–Kier alpha value is -2.86. The lowest BCUT2D eigenvalue weighted by molar-refractivity contribution is -0.386. The predicted molar refractivity (Wildman–Crippen MR) is 105 cm³/mol. The van der Waals surface area contributed by atoms with E-state index in [-0.39, 0.29) is 11.7 Å². The summed E-state index contributed by atoms with van der Waals surface area (Å²) >= 11 is 6.38. The molecule has 1 heterocycles. The van der Waals surface area contributed by atoms with Gasteiger partial charge >= 0.3 is 0 Å². The zero-order valence-electron chi connectivity index (χ0n) is 14.8. The minimum absolute atomic E-state index is 0.226. The van der Waals surface area contributed by atoms with Crippen LogP contribution in [-0.4, -0.2) is 25.6 Å². The Bertz CT molecular complexity index is 972. The maximum Gasteiger partial charge on any atom is 0.265 e. The van der Waals surface area contributed by atoms with E-state index in [1.54, 1.807) is 38.1 Å². The van der Waals surface area contributed by atoms with Crippen LogP contribution in [0, 0.1) is 5.82 Å². The number of allylic oxidation sites excluding steroid dienone is 1. The Morgan fingerprint density at radius 1 is 1.19 bits per heavy atom. The molecule has 134 valence electrons. The molecule has 0 unspecified atom stereocenters. The molecule has 1 aliphatic heterocycles. The molecule has 0 radical (unpaired) electrons. The molecule has 3 rings (SSSR count). The maximum atomic E-state index is 14.7. The summed E-state index contributed by atoms with van der Waals surface area (Å²) in [5, 5.41) is 0.521. The first kappa shape index (κ1) is 17.9. The van der Waals surface area contributed by atoms with Crippen molar-refractivity contribution < 1.29 is 9.38 Å². The van der Waals surface area contributed by atoms with Crippen LogP contribution in [0.1, 0.15) is 18.1 Å². The molecular weight excluding hydrogens is 353 g/mol. The number of aliphatic imine (C=N–C) groups is 1. The van der Waals surface area contributed by atoms with Crippen LogP contribution in [0.5, 0.6) is 0 Å². The highest BCUT2D eigenvalue weighted by Crippen LogP contribution is 2.31. The van der Waals surface area contributed by atoms with Crippen molar-refractivity contribution in [3.63, 3.8) is 0 Å². The van der Waals surface area contributed by atoms with Crippen LogP contribution < -0.4 is 21.4 Å². The highest BCUT2D eigenvalue weighted by atomic mass is 35.5. The number of hydrogen-bond acceptors (Lipinski definition) is 4. The van der Waals surface area contributed by atoms with E-state index in [1.165, 1.54) is 6.07 Å². The third-order valence-electron chi connectivity index (χ3n) is 4.10. The van der Waals surface area contributed by atoms with E-state index in [0.29, 0.717) is 44.6 Å². The average molecular weight is 373 g/mol. The van der Waals surface area contributed by atoms with Gasteiger partial charge in [0.25, 0.3) is 5.70 Å². The van der Waals surface area contributed by atoms with E-state index in [2.05, 4.69) is 9.98 Å². The van der Waals surface area contributed by atoms with Gasteiger partial charge in [-0.1, -0.05) is 23.7 Å². The quantitative estimate of drug-likeness (QED) is 0.749. The first-order chi connectivity index (χ1) is 12.3. The highest BCUT2D eigenvalue weighted by Gasteiger charge is 2.28. The summed E-state index contributed by atoms with van der Waals surface area (Å²) in [5.74, 6) is -0.143. The Morgan fingerprint density at radius 3 is 2.50 bits per heavy atom. The Labute approximate surface area is 156 Å². The van der Waals surface area contributed by atoms with Gasteiger partial charge in [-0.15, -0.1) is 0 Å². The summed E-state index contributed by atoms with van der Waals surface area (Å²) in [5.41, 5.74) is 15.9. The summed E-state index contributed by atoms with van der Waals surface area (Å²) in [6.45, 7) is 1.72. The van der Waals surface area contributed by atoms with Crippen LogP contribution >= 0.6 is 11.6 Å². The number of anilines is 1. The fourth-order valence-electron chi connectivity index (χ4n) is 2.81. The third kappa shape index (κ3) is 3.15. The summed E-state index contributed by atoms with van der Waals surface area (Å²) in [6, 6.07) is 10.4. The van der Waals surface area contributed by atoms with Crippen molar-refractivity contribution in [2.45, 2.75) is 6.92 Å². The normalized spacial score (nSPS) is 15.6. The second-order valence-electron chi connectivity index (χ2n) is 6.25. The minimum Gasteiger partial charge on any atom is -0.397 e. The molecule has 0 fully saturated rings. The molecule has 0 saturated heterocycles. The molecule has 2 aromatic carbocycles. The fourth-order valence-corrected chi connectivity index (χ4v) is 3.04. The maximum absolute atomic E-state index is 14.7. The van der Waals surface area contributed by atoms with E-state index >= 15 is 0 Å². The molecule has 5 nitrogen and oxygen atoms in total. The van der Waals surface area contributed by atoms with Gasteiger partial charge in [-0.2, -0.15) is 4.99 Å². The number of fused-ring (bicyclic) bond motifs is 1. The molecular formula is C19H20ClFN5+. The SMILES string of the molecule is CC(N)=C1[NH+]=C(c2ccccc2Cl)c2cc(F)c(N(C)C)cc2N=C1N. The van der Waals surface area contributed by atoms with Crippen LogP contribution in [0.25, 0.3) is 0 Å². The smallest absolute Gasteiger partial charge is 0.265 e. The lowest BCUT2D eigenvalue weighted by atomic mass is 9.99. The van der Waals surface area contributed by atoms with E-state index in [4.69, 9.17) is 23.1 Å². The molecule has 5 N–H and O–H groups in total. The second kappa shape index (κ2) is 6.80. The van der Waals surface area contributed by atoms with Crippen molar-refractivity contribution in [3.8, 4) is 0 Å². The van der Waals surface area contributed by atoms with Crippen LogP contribution in [0.2, 0.25) is 5.02 Å². The highest BCUT2D eigenvalue weighted by molar-refractivity contribution is 6.35. The zero-order chi connectivity index (χ0) is 19.0. The Balaban J connectivity index is 2.38. The van der Waals surface area contributed by atoms with Gasteiger partial charge in [0.1, 0.15) is 5.82 Å². The van der Waals surface area contributed by atoms with E-state index in [0.717, 1.165) is 0 Å². The first-order valence-corrected chi connectivity index (χ1v) is 8.38. The van der Waals surface area contributed by atoms with Crippen molar-refractivity contribution in [1.82, 2.24) is 0 Å². The average Bonchev–Trinajstić information content (AvgIpc) is 2.71. The molecule has 0 spiro atoms. The van der Waals surface area contributed by atoms with Crippen molar-refractivity contribution in [1.29, 1.82) is 0 Å². The lowest BCUT2D eigenvalue weighted by Gasteiger charge is -2.15. The van der Waals surface area contributed by atoms with Gasteiger partial charge in [0.05, 0.1) is 33.2 Å². The number of amidine groups is 1. The molecule has 1 aliphatic rings. The number of benzene rings is 2. The van der Waals surface area contributed by atoms with Crippen molar-refractivity contribution in [2.75, 3.05) is 19.0 Å². The molecule has 0 aliphatic carbocycles. The molecule has 0 saturated carbocycles. The van der Waals surface area contributed by atoms with Gasteiger partial charge in [0.15, 0.2) is 5.84 Å². The summed E-state index contributed by atoms with van der Waals surface area (Å²) in [7, 11) is 3.53. The number of nitrogens with one attached hydrogen (secondary N) is 1.